The van der Waals surface area contributed by atoms with Crippen LogP contribution in [0.15, 0.2) is 11.5 Å². The second-order valence-electron chi connectivity index (χ2n) is 4.30. The van der Waals surface area contributed by atoms with Gasteiger partial charge in [-0.25, -0.2) is 0 Å². The Balaban J connectivity index is 2.86. The van der Waals surface area contributed by atoms with E-state index < -0.39 is 5.60 Å². The van der Waals surface area contributed by atoms with Gasteiger partial charge in [-0.2, -0.15) is 0 Å². The van der Waals surface area contributed by atoms with Gasteiger partial charge >= 0.3 is 0 Å². The summed E-state index contributed by atoms with van der Waals surface area (Å²) in [5.41, 5.74) is -1.62. The number of methoxy groups -OCH3 is 2. The number of ether oxygens (including phenoxy) is 2. The van der Waals surface area contributed by atoms with Crippen LogP contribution in [0.25, 0.3) is 0 Å². The van der Waals surface area contributed by atoms with Gasteiger partial charge in [0.05, 0.1) is 27.1 Å². The van der Waals surface area contributed by atoms with E-state index in [0.29, 0.717) is 17.9 Å². The first-order chi connectivity index (χ1) is 8.57. The second kappa shape index (κ2) is 6.46. The normalized spacial score (nSPS) is 23.4. The number of hydrogen-bond acceptors (Lipinski definition) is 4. The zero-order chi connectivity index (χ0) is 13.6. The van der Waals surface area contributed by atoms with E-state index in [1.807, 2.05) is 0 Å². The highest BCUT2D eigenvalue weighted by Gasteiger charge is 2.41. The molecule has 0 amide bonds. The predicted molar refractivity (Wildman–Crippen MR) is 67.5 cm³/mol. The summed E-state index contributed by atoms with van der Waals surface area (Å²) < 4.78 is 10.2. The van der Waals surface area contributed by atoms with Crippen LogP contribution >= 0.6 is 0 Å². The molecule has 0 radical (unpaired) electrons. The minimum Gasteiger partial charge on any atom is -0.497 e. The Morgan fingerprint density at radius 2 is 2.00 bits per heavy atom. The van der Waals surface area contributed by atoms with Crippen molar-refractivity contribution in [3.8, 4) is 11.8 Å². The molecule has 1 unspecified atom stereocenters. The summed E-state index contributed by atoms with van der Waals surface area (Å²) in [6.07, 6.45) is 2.78. The van der Waals surface area contributed by atoms with Crippen molar-refractivity contribution < 1.29 is 19.4 Å². The van der Waals surface area contributed by atoms with Gasteiger partial charge < -0.3 is 14.6 Å². The first-order valence-corrected chi connectivity index (χ1v) is 6.13. The molecule has 18 heavy (non-hydrogen) atoms. The maximum absolute atomic E-state index is 11.9. The smallest absolute Gasteiger partial charge is 0.191 e. The molecule has 0 saturated carbocycles. The van der Waals surface area contributed by atoms with E-state index in [2.05, 4.69) is 18.8 Å². The van der Waals surface area contributed by atoms with Crippen LogP contribution in [0.2, 0.25) is 0 Å². The first-order valence-electron chi connectivity index (χ1n) is 6.13. The van der Waals surface area contributed by atoms with Crippen LogP contribution in [0.1, 0.15) is 39.0 Å². The average molecular weight is 252 g/mol. The van der Waals surface area contributed by atoms with Gasteiger partial charge in [0.2, 0.25) is 0 Å². The van der Waals surface area contributed by atoms with Crippen molar-refractivity contribution in [3.05, 3.63) is 11.5 Å². The van der Waals surface area contributed by atoms with E-state index in [1.165, 1.54) is 14.2 Å². The molecule has 0 heterocycles. The van der Waals surface area contributed by atoms with Gasteiger partial charge in [-0.05, 0) is 6.42 Å². The fraction of sp³-hybridized carbons (Fsp3) is 0.643. The predicted octanol–water partition coefficient (Wildman–Crippen LogP) is 1.78. The number of allylic oxidation sites excluding steroid dienone is 1. The van der Waals surface area contributed by atoms with Crippen LogP contribution in [0.4, 0.5) is 0 Å². The topological polar surface area (TPSA) is 55.8 Å². The van der Waals surface area contributed by atoms with Gasteiger partial charge in [0.1, 0.15) is 11.5 Å². The lowest BCUT2D eigenvalue weighted by molar-refractivity contribution is -0.134. The number of hydrogen-bond donors (Lipinski definition) is 1. The zero-order valence-electron chi connectivity index (χ0n) is 11.2. The lowest BCUT2D eigenvalue weighted by Gasteiger charge is -2.28. The second-order valence-corrected chi connectivity index (χ2v) is 4.30. The summed E-state index contributed by atoms with van der Waals surface area (Å²) in [6, 6.07) is 0. The van der Waals surface area contributed by atoms with Crippen LogP contribution in [0, 0.1) is 11.8 Å². The van der Waals surface area contributed by atoms with Crippen LogP contribution < -0.4 is 0 Å². The standard InChI is InChI=1S/C14H20O4/c1-4-5-6-7-8-14(16)10-12(18-3)11(17-2)9-13(14)15/h16H,4-6,9-10H2,1-3H3. The van der Waals surface area contributed by atoms with E-state index in [4.69, 9.17) is 9.47 Å². The fourth-order valence-corrected chi connectivity index (χ4v) is 1.78. The summed E-state index contributed by atoms with van der Waals surface area (Å²) in [7, 11) is 2.98. The Hall–Kier alpha value is -1.47. The highest BCUT2D eigenvalue weighted by molar-refractivity contribution is 5.93. The van der Waals surface area contributed by atoms with Gasteiger partial charge in [0.25, 0.3) is 0 Å². The number of ketones is 1. The molecule has 1 N–H and O–H groups in total. The van der Waals surface area contributed by atoms with Crippen molar-refractivity contribution in [2.45, 2.75) is 44.6 Å². The molecule has 0 bridgehead atoms. The summed E-state index contributed by atoms with van der Waals surface area (Å²) >= 11 is 0. The van der Waals surface area contributed by atoms with Gasteiger partial charge in [0.15, 0.2) is 11.4 Å². The molecule has 0 fully saturated rings. The van der Waals surface area contributed by atoms with Crippen LogP contribution in [-0.2, 0) is 14.3 Å². The molecule has 4 nitrogen and oxygen atoms in total. The Labute approximate surface area is 108 Å². The maximum atomic E-state index is 11.9. The zero-order valence-corrected chi connectivity index (χ0v) is 11.2. The highest BCUT2D eigenvalue weighted by Crippen LogP contribution is 2.30. The fourth-order valence-electron chi connectivity index (χ4n) is 1.78. The molecule has 1 aliphatic carbocycles. The van der Waals surface area contributed by atoms with E-state index in [0.717, 1.165) is 12.8 Å². The molecule has 1 atom stereocenters. The molecule has 0 aromatic carbocycles. The monoisotopic (exact) mass is 252 g/mol. The Morgan fingerprint density at radius 1 is 1.33 bits per heavy atom. The molecule has 4 heteroatoms. The molecule has 1 rings (SSSR count). The minimum absolute atomic E-state index is 0.0264. The van der Waals surface area contributed by atoms with Gasteiger partial charge in [-0.1, -0.05) is 25.2 Å². The quantitative estimate of drug-likeness (QED) is 0.612. The van der Waals surface area contributed by atoms with Gasteiger partial charge in [-0.3, -0.25) is 4.79 Å². The van der Waals surface area contributed by atoms with Crippen LogP contribution in [0.3, 0.4) is 0 Å². The van der Waals surface area contributed by atoms with Crippen molar-refractivity contribution in [1.29, 1.82) is 0 Å². The third-order valence-electron chi connectivity index (χ3n) is 2.95. The summed E-state index contributed by atoms with van der Waals surface area (Å²) in [4.78, 5) is 11.9. The number of Topliss-reactive ketones (excluding diaryl/α,β-unsaturated/α-hetero) is 1. The minimum atomic E-state index is -1.62. The molecule has 0 spiro atoms. The average Bonchev–Trinajstić information content (AvgIpc) is 2.37. The van der Waals surface area contributed by atoms with E-state index in [-0.39, 0.29) is 18.6 Å². The largest absolute Gasteiger partial charge is 0.497 e. The lowest BCUT2D eigenvalue weighted by atomic mass is 9.86. The number of aliphatic hydroxyl groups is 1. The van der Waals surface area contributed by atoms with Crippen molar-refractivity contribution in [2.24, 2.45) is 0 Å². The first kappa shape index (κ1) is 14.6. The van der Waals surface area contributed by atoms with Crippen molar-refractivity contribution >= 4 is 5.78 Å². The maximum Gasteiger partial charge on any atom is 0.191 e. The molecular weight excluding hydrogens is 232 g/mol. The molecule has 100 valence electrons. The Morgan fingerprint density at radius 3 is 2.56 bits per heavy atom. The highest BCUT2D eigenvalue weighted by atomic mass is 16.5. The van der Waals surface area contributed by atoms with Crippen LogP contribution in [0.5, 0.6) is 0 Å². The Kier molecular flexibility index (Phi) is 5.24. The Bertz CT molecular complexity index is 400. The summed E-state index contributed by atoms with van der Waals surface area (Å²) in [5.74, 6) is 6.18. The SMILES string of the molecule is CCCCC#CC1(O)CC(OC)=C(OC)CC1=O. The van der Waals surface area contributed by atoms with E-state index >= 15 is 0 Å². The molecule has 0 saturated heterocycles. The summed E-state index contributed by atoms with van der Waals surface area (Å²) in [6.45, 7) is 2.07. The van der Waals surface area contributed by atoms with Crippen molar-refractivity contribution in [1.82, 2.24) is 0 Å². The molecule has 0 aromatic rings. The number of carbonyl (C=O) groups is 1. The van der Waals surface area contributed by atoms with Gasteiger partial charge in [0, 0.05) is 6.42 Å². The lowest BCUT2D eigenvalue weighted by Crippen LogP contribution is -2.41. The van der Waals surface area contributed by atoms with E-state index in [9.17, 15) is 9.90 Å². The van der Waals surface area contributed by atoms with E-state index in [1.54, 1.807) is 0 Å². The number of rotatable bonds is 4. The molecule has 1 aliphatic rings. The number of carbonyl (C=O) groups excluding carboxylic acids is 1. The third-order valence-corrected chi connectivity index (χ3v) is 2.95. The van der Waals surface area contributed by atoms with Gasteiger partial charge in [-0.15, -0.1) is 0 Å². The molecular formula is C14H20O4. The number of unbranched alkanes of at least 4 members (excludes halogenated alkanes) is 2. The van der Waals surface area contributed by atoms with Crippen molar-refractivity contribution in [2.75, 3.05) is 14.2 Å². The van der Waals surface area contributed by atoms with Crippen molar-refractivity contribution in [3.63, 3.8) is 0 Å². The molecule has 0 aromatic heterocycles. The molecule has 0 aliphatic heterocycles. The third kappa shape index (κ3) is 3.27. The summed E-state index contributed by atoms with van der Waals surface area (Å²) in [5, 5.41) is 10.3. The van der Waals surface area contributed by atoms with Crippen LogP contribution in [-0.4, -0.2) is 30.7 Å².